The van der Waals surface area contributed by atoms with Crippen LogP contribution in [0.4, 0.5) is 0 Å². The van der Waals surface area contributed by atoms with Crippen molar-refractivity contribution in [3.05, 3.63) is 94.7 Å². The largest absolute Gasteiger partial charge is 0.508 e. The van der Waals surface area contributed by atoms with Crippen molar-refractivity contribution in [2.24, 2.45) is 0 Å². The molecule has 328 valence electrons. The fourth-order valence-corrected chi connectivity index (χ4v) is 6.29. The third-order valence-electron chi connectivity index (χ3n) is 9.50. The molecule has 0 bridgehead atoms. The molecule has 0 amide bonds. The minimum atomic E-state index is -2.01. The average Bonchev–Trinajstić information content (AvgIpc) is 3.21. The Hall–Kier alpha value is -6.37. The van der Waals surface area contributed by atoms with E-state index in [4.69, 9.17) is 38.3 Å². The number of phenols is 4. The Morgan fingerprint density at radius 3 is 1.87 bits per heavy atom. The maximum absolute atomic E-state index is 12.5. The number of benzene rings is 2. The minimum Gasteiger partial charge on any atom is -0.508 e. The van der Waals surface area contributed by atoms with Gasteiger partial charge in [0.1, 0.15) is 91.8 Å². The quantitative estimate of drug-likeness (QED) is 0.0485. The number of aliphatic hydroxyl groups excluding tert-OH is 7. The van der Waals surface area contributed by atoms with Crippen LogP contribution < -0.4 is 0 Å². The van der Waals surface area contributed by atoms with Crippen molar-refractivity contribution in [3.8, 4) is 23.0 Å². The number of aliphatic hydroxyl groups is 7. The van der Waals surface area contributed by atoms with E-state index in [2.05, 4.69) is 0 Å². The van der Waals surface area contributed by atoms with Gasteiger partial charge >= 0.3 is 17.9 Å². The number of carbonyl (C=O) groups is 3. The van der Waals surface area contributed by atoms with Crippen LogP contribution >= 0.6 is 0 Å². The lowest BCUT2D eigenvalue weighted by Gasteiger charge is -2.42. The van der Waals surface area contributed by atoms with Crippen molar-refractivity contribution in [1.29, 1.82) is 0 Å². The molecular formula is C39H40O22. The molecule has 11 unspecified atom stereocenters. The van der Waals surface area contributed by atoms with E-state index in [1.807, 2.05) is 0 Å². The summed E-state index contributed by atoms with van der Waals surface area (Å²) in [6.07, 6.45) is -15.1. The molecule has 0 radical (unpaired) electrons. The highest BCUT2D eigenvalue weighted by Crippen LogP contribution is 2.43. The Kier molecular flexibility index (Phi) is 13.4. The van der Waals surface area contributed by atoms with Gasteiger partial charge in [-0.25, -0.2) is 4.79 Å². The van der Waals surface area contributed by atoms with Gasteiger partial charge in [-0.05, 0) is 42.0 Å². The molecule has 12 N–H and O–H groups in total. The van der Waals surface area contributed by atoms with Gasteiger partial charge in [0.05, 0.1) is 0 Å². The van der Waals surface area contributed by atoms with Gasteiger partial charge in [-0.3, -0.25) is 9.59 Å². The van der Waals surface area contributed by atoms with Crippen molar-refractivity contribution in [2.75, 3.05) is 13.2 Å². The summed E-state index contributed by atoms with van der Waals surface area (Å²) in [7, 11) is 0. The number of hydrogen-bond acceptors (Lipinski definition) is 21. The first-order chi connectivity index (χ1) is 28.9. The first kappa shape index (κ1) is 44.2. The van der Waals surface area contributed by atoms with E-state index in [9.17, 15) is 70.6 Å². The average molecular weight is 861 g/mol. The third-order valence-corrected chi connectivity index (χ3v) is 9.50. The molecule has 6 rings (SSSR count). The normalized spacial score (nSPS) is 29.9. The van der Waals surface area contributed by atoms with Gasteiger partial charge in [0.25, 0.3) is 0 Å². The third kappa shape index (κ3) is 10.2. The molecule has 1 aliphatic carbocycles. The van der Waals surface area contributed by atoms with Crippen LogP contribution in [-0.4, -0.2) is 160 Å². The molecule has 61 heavy (non-hydrogen) atoms. The Balaban J connectivity index is 1.27. The summed E-state index contributed by atoms with van der Waals surface area (Å²) in [6.45, 7) is -1.46. The molecule has 3 heterocycles. The number of aromatic hydroxyl groups is 4. The zero-order chi connectivity index (χ0) is 44.3. The molecule has 0 spiro atoms. The number of hydrogen-bond donors (Lipinski definition) is 12. The van der Waals surface area contributed by atoms with Gasteiger partial charge in [-0.2, -0.15) is 0 Å². The summed E-state index contributed by atoms with van der Waals surface area (Å²) >= 11 is 0. The predicted molar refractivity (Wildman–Crippen MR) is 197 cm³/mol. The monoisotopic (exact) mass is 860 g/mol. The second kappa shape index (κ2) is 18.5. The zero-order valence-corrected chi connectivity index (χ0v) is 31.3. The fourth-order valence-electron chi connectivity index (χ4n) is 6.29. The van der Waals surface area contributed by atoms with Gasteiger partial charge in [-0.1, -0.05) is 12.1 Å². The lowest BCUT2D eigenvalue weighted by molar-refractivity contribution is -0.292. The van der Waals surface area contributed by atoms with Crippen molar-refractivity contribution in [1.82, 2.24) is 0 Å². The lowest BCUT2D eigenvalue weighted by Crippen LogP contribution is -2.59. The van der Waals surface area contributed by atoms with Gasteiger partial charge in [0.15, 0.2) is 28.8 Å². The van der Waals surface area contributed by atoms with E-state index in [0.29, 0.717) is 5.56 Å². The van der Waals surface area contributed by atoms with Gasteiger partial charge in [-0.15, -0.1) is 0 Å². The second-order valence-electron chi connectivity index (χ2n) is 13.9. The molecule has 2 fully saturated rings. The van der Waals surface area contributed by atoms with Crippen LogP contribution in [0, 0.1) is 0 Å². The van der Waals surface area contributed by atoms with Gasteiger partial charge < -0.3 is 94.4 Å². The number of allylic oxidation sites excluding steroid dienone is 2. The maximum atomic E-state index is 12.5. The summed E-state index contributed by atoms with van der Waals surface area (Å²) in [4.78, 5) is 35.2. The predicted octanol–water partition coefficient (Wildman–Crippen LogP) is -1.23. The minimum absolute atomic E-state index is 0.00349. The Morgan fingerprint density at radius 2 is 1.28 bits per heavy atom. The molecule has 2 aromatic carbocycles. The Labute approximate surface area is 343 Å². The van der Waals surface area contributed by atoms with Gasteiger partial charge in [0.2, 0.25) is 12.6 Å². The molecule has 11 atom stereocenters. The zero-order valence-electron chi connectivity index (χ0n) is 31.3. The number of fused-ring (bicyclic) bond motifs is 1. The molecule has 2 aromatic rings. The van der Waals surface area contributed by atoms with E-state index >= 15 is 0 Å². The van der Waals surface area contributed by atoms with Crippen LogP contribution in [-0.2, 0) is 47.5 Å². The number of ether oxygens (including phenoxy) is 7. The molecule has 3 aliphatic heterocycles. The lowest BCUT2D eigenvalue weighted by atomic mass is 9.96. The number of carboxylic acids is 1. The standard InChI is InChI=1S/C39H40O22/c40-17-4-1-15(2-5-17)3-6-28(46)55-13-25-31(49)34(52)36(54)39(61-25)59-24-11-19-22(57-37(24)16-7-20(42)30(48)21(43)8-16)9-18(41)10-23(19)58-38-35(53)33(51)32(50)26(60-38)14-56-29(47)12-27(44)45/h1-11,22,25-26,31-36,38-43,48-54H,12-14H2,(H,44,45). The van der Waals surface area contributed by atoms with E-state index < -0.39 is 134 Å². The number of carboxylic acid groups (broad SMARTS) is 1. The van der Waals surface area contributed by atoms with Crippen LogP contribution in [0.25, 0.3) is 11.8 Å². The number of phenolic OH excluding ortho intramolecular Hbond substituents is 4. The smallest absolute Gasteiger partial charge is 0.330 e. The van der Waals surface area contributed by atoms with Crippen molar-refractivity contribution in [2.45, 2.75) is 73.9 Å². The molecular weight excluding hydrogens is 820 g/mol. The summed E-state index contributed by atoms with van der Waals surface area (Å²) in [5.41, 5.74) is 0.304. The summed E-state index contributed by atoms with van der Waals surface area (Å²) in [5, 5.41) is 124. The van der Waals surface area contributed by atoms with Crippen molar-refractivity contribution >= 4 is 29.7 Å². The summed E-state index contributed by atoms with van der Waals surface area (Å²) in [6, 6.07) is 7.72. The molecule has 4 aliphatic rings. The Bertz CT molecular complexity index is 2120. The SMILES string of the molecule is O=C(O)CC(=O)OCC1OC(OC2=CC(O)=CC3OC(c4cc(O)c(O)c(O)c4)=C(OC4OC(COC(=O)C=Cc5ccc(O)cc5)C(O)C(O)C4O)C=C23)C(O)C(O)C1O. The van der Waals surface area contributed by atoms with Crippen LogP contribution in [0.1, 0.15) is 17.5 Å². The number of esters is 2. The highest BCUT2D eigenvalue weighted by Gasteiger charge is 2.48. The van der Waals surface area contributed by atoms with E-state index in [0.717, 1.165) is 30.4 Å². The number of aliphatic carboxylic acids is 1. The van der Waals surface area contributed by atoms with Crippen molar-refractivity contribution < 1.29 is 109 Å². The first-order valence-electron chi connectivity index (χ1n) is 18.1. The Morgan fingerprint density at radius 1 is 0.705 bits per heavy atom. The van der Waals surface area contributed by atoms with E-state index in [-0.39, 0.29) is 28.4 Å². The molecule has 2 saturated heterocycles. The first-order valence-corrected chi connectivity index (χ1v) is 18.1. The van der Waals surface area contributed by atoms with E-state index in [1.165, 1.54) is 36.4 Å². The van der Waals surface area contributed by atoms with E-state index in [1.54, 1.807) is 0 Å². The van der Waals surface area contributed by atoms with Crippen LogP contribution in [0.15, 0.2) is 83.6 Å². The van der Waals surface area contributed by atoms with Crippen LogP contribution in [0.3, 0.4) is 0 Å². The topological polar surface area (TPSA) is 359 Å². The maximum Gasteiger partial charge on any atom is 0.330 e. The van der Waals surface area contributed by atoms with Crippen LogP contribution in [0.2, 0.25) is 0 Å². The molecule has 0 aromatic heterocycles. The van der Waals surface area contributed by atoms with Gasteiger partial charge in [0, 0.05) is 29.4 Å². The highest BCUT2D eigenvalue weighted by atomic mass is 16.7. The molecule has 22 nitrogen and oxygen atoms in total. The summed E-state index contributed by atoms with van der Waals surface area (Å²) in [5.74, 6) is -7.79. The molecule has 0 saturated carbocycles. The molecule has 22 heteroatoms. The fraction of sp³-hybridized carbons (Fsp3) is 0.359. The van der Waals surface area contributed by atoms with Crippen molar-refractivity contribution in [3.63, 3.8) is 0 Å². The van der Waals surface area contributed by atoms with Crippen LogP contribution in [0.5, 0.6) is 23.0 Å². The summed E-state index contributed by atoms with van der Waals surface area (Å²) < 4.78 is 39.2. The highest BCUT2D eigenvalue weighted by molar-refractivity contribution is 5.90. The number of carbonyl (C=O) groups excluding carboxylic acids is 2. The number of rotatable bonds is 13. The second-order valence-corrected chi connectivity index (χ2v) is 13.9.